The molecule has 0 heterocycles. The van der Waals surface area contributed by atoms with Crippen molar-refractivity contribution in [3.63, 3.8) is 0 Å². The van der Waals surface area contributed by atoms with E-state index in [1.54, 1.807) is 19.1 Å². The second-order valence-electron chi connectivity index (χ2n) is 6.53. The molecule has 0 saturated heterocycles. The smallest absolute Gasteiger partial charge is 0.331 e. The Morgan fingerprint density at radius 3 is 2.24 bits per heavy atom. The fourth-order valence-electron chi connectivity index (χ4n) is 2.26. The number of hydrogen-bond acceptors (Lipinski definition) is 1. The van der Waals surface area contributed by atoms with Crippen molar-refractivity contribution >= 4 is 14.0 Å². The minimum Gasteiger partial charge on any atom is -0.331 e. The van der Waals surface area contributed by atoms with Crippen molar-refractivity contribution in [3.05, 3.63) is 35.4 Å². The number of carbonyl (C=O) groups is 1. The molecule has 6 heteroatoms. The van der Waals surface area contributed by atoms with E-state index in [4.69, 9.17) is 0 Å². The summed E-state index contributed by atoms with van der Waals surface area (Å²) in [5.41, 5.74) is 1.83. The van der Waals surface area contributed by atoms with E-state index in [2.05, 4.69) is 19.6 Å². The molecular weight excluding hydrogens is 295 g/mol. The molecule has 0 N–H and O–H groups in total. The van der Waals surface area contributed by atoms with Gasteiger partial charge in [0, 0.05) is 15.1 Å². The van der Waals surface area contributed by atoms with Crippen molar-refractivity contribution in [1.82, 2.24) is 4.90 Å². The zero-order valence-corrected chi connectivity index (χ0v) is 14.1. The zero-order chi connectivity index (χ0) is 16.4. The molecule has 0 aliphatic heterocycles. The Balaban J connectivity index is 3.08. The maximum Gasteiger partial charge on any atom is 0.471 e. The molecule has 0 aromatic heterocycles. The van der Waals surface area contributed by atoms with Gasteiger partial charge in [-0.15, -0.1) is 0 Å². The second-order valence-corrected chi connectivity index (χ2v) is 12.0. The maximum absolute atomic E-state index is 12.6. The normalized spacial score (nSPS) is 13.9. The molecule has 0 bridgehead atoms. The molecule has 1 atom stereocenters. The molecular formula is C15H22F3NOSi. The average Bonchev–Trinajstić information content (AvgIpc) is 2.34. The Kier molecular flexibility index (Phi) is 5.25. The summed E-state index contributed by atoms with van der Waals surface area (Å²) in [6, 6.07) is 7.70. The van der Waals surface area contributed by atoms with Crippen LogP contribution in [0, 0.1) is 0 Å². The minimum absolute atomic E-state index is 0.605. The van der Waals surface area contributed by atoms with Crippen LogP contribution in [0.25, 0.3) is 0 Å². The van der Waals surface area contributed by atoms with Crippen LogP contribution in [-0.4, -0.2) is 32.1 Å². The van der Waals surface area contributed by atoms with Gasteiger partial charge in [-0.2, -0.15) is 13.2 Å². The SMILES string of the molecule is CC(c1ccccc1C[Si](C)(C)C)N(C)C(=O)C(F)(F)F. The standard InChI is InChI=1S/C15H22F3NOSi/c1-11(19(2)14(20)15(16,17)18)13-9-7-6-8-12(13)10-21(3,4)5/h6-9,11H,10H2,1-5H3. The van der Waals surface area contributed by atoms with Gasteiger partial charge in [0.15, 0.2) is 0 Å². The quantitative estimate of drug-likeness (QED) is 0.763. The molecule has 118 valence electrons. The van der Waals surface area contributed by atoms with E-state index >= 15 is 0 Å². The molecule has 0 saturated carbocycles. The van der Waals surface area contributed by atoms with E-state index in [-0.39, 0.29) is 0 Å². The third-order valence-electron chi connectivity index (χ3n) is 3.37. The molecule has 1 unspecified atom stereocenters. The lowest BCUT2D eigenvalue weighted by Gasteiger charge is -2.29. The summed E-state index contributed by atoms with van der Waals surface area (Å²) in [6.07, 6.45) is -4.84. The van der Waals surface area contributed by atoms with Crippen LogP contribution in [0.5, 0.6) is 0 Å². The predicted molar refractivity (Wildman–Crippen MR) is 80.7 cm³/mol. The molecule has 1 amide bonds. The van der Waals surface area contributed by atoms with Crippen LogP contribution in [0.3, 0.4) is 0 Å². The van der Waals surface area contributed by atoms with Gasteiger partial charge < -0.3 is 4.90 Å². The van der Waals surface area contributed by atoms with Crippen LogP contribution in [0.15, 0.2) is 24.3 Å². The van der Waals surface area contributed by atoms with E-state index in [0.29, 0.717) is 0 Å². The number of carbonyl (C=O) groups excluding carboxylic acids is 1. The van der Waals surface area contributed by atoms with Crippen molar-refractivity contribution in [2.75, 3.05) is 7.05 Å². The zero-order valence-electron chi connectivity index (χ0n) is 13.1. The fraction of sp³-hybridized carbons (Fsp3) is 0.533. The average molecular weight is 317 g/mol. The third-order valence-corrected chi connectivity index (χ3v) is 4.81. The van der Waals surface area contributed by atoms with Gasteiger partial charge in [0.25, 0.3) is 0 Å². The molecule has 0 spiro atoms. The number of alkyl halides is 3. The summed E-state index contributed by atoms with van der Waals surface area (Å²) < 4.78 is 37.7. The number of benzene rings is 1. The first-order chi connectivity index (χ1) is 9.43. The lowest BCUT2D eigenvalue weighted by molar-refractivity contribution is -0.186. The van der Waals surface area contributed by atoms with Crippen LogP contribution in [0.1, 0.15) is 24.1 Å². The number of hydrogen-bond donors (Lipinski definition) is 0. The van der Waals surface area contributed by atoms with Crippen molar-refractivity contribution in [3.8, 4) is 0 Å². The molecule has 0 aliphatic carbocycles. The highest BCUT2D eigenvalue weighted by molar-refractivity contribution is 6.75. The van der Waals surface area contributed by atoms with Gasteiger partial charge in [-0.3, -0.25) is 4.79 Å². The Bertz CT molecular complexity index is 508. The minimum atomic E-state index is -4.84. The lowest BCUT2D eigenvalue weighted by atomic mass is 10.0. The fourth-order valence-corrected chi connectivity index (χ4v) is 3.72. The molecule has 1 aromatic carbocycles. The Morgan fingerprint density at radius 2 is 1.76 bits per heavy atom. The van der Waals surface area contributed by atoms with Gasteiger partial charge >= 0.3 is 12.1 Å². The van der Waals surface area contributed by atoms with E-state index in [0.717, 1.165) is 22.1 Å². The molecule has 1 aromatic rings. The van der Waals surface area contributed by atoms with Crippen molar-refractivity contribution < 1.29 is 18.0 Å². The first-order valence-electron chi connectivity index (χ1n) is 6.85. The molecule has 0 radical (unpaired) electrons. The summed E-state index contributed by atoms with van der Waals surface area (Å²) in [4.78, 5) is 12.2. The van der Waals surface area contributed by atoms with Gasteiger partial charge in [-0.05, 0) is 24.1 Å². The molecule has 2 nitrogen and oxygen atoms in total. The van der Waals surface area contributed by atoms with Crippen LogP contribution in [0.4, 0.5) is 13.2 Å². The highest BCUT2D eigenvalue weighted by Crippen LogP contribution is 2.28. The largest absolute Gasteiger partial charge is 0.471 e. The van der Waals surface area contributed by atoms with Gasteiger partial charge in [0.05, 0.1) is 6.04 Å². The maximum atomic E-state index is 12.6. The van der Waals surface area contributed by atoms with Crippen LogP contribution < -0.4 is 0 Å². The Hall–Kier alpha value is -1.30. The van der Waals surface area contributed by atoms with Crippen LogP contribution >= 0.6 is 0 Å². The molecule has 0 aliphatic rings. The van der Waals surface area contributed by atoms with E-state index in [9.17, 15) is 18.0 Å². The van der Waals surface area contributed by atoms with E-state index in [1.807, 2.05) is 12.1 Å². The van der Waals surface area contributed by atoms with Gasteiger partial charge in [-0.1, -0.05) is 43.9 Å². The van der Waals surface area contributed by atoms with E-state index < -0.39 is 26.2 Å². The van der Waals surface area contributed by atoms with Crippen LogP contribution in [-0.2, 0) is 10.8 Å². The highest BCUT2D eigenvalue weighted by Gasteiger charge is 2.42. The summed E-state index contributed by atoms with van der Waals surface area (Å²) >= 11 is 0. The first-order valence-corrected chi connectivity index (χ1v) is 10.6. The number of rotatable bonds is 4. The first kappa shape index (κ1) is 17.7. The van der Waals surface area contributed by atoms with Crippen LogP contribution in [0.2, 0.25) is 19.6 Å². The summed E-state index contributed by atoms with van der Waals surface area (Å²) in [6.45, 7) is 8.25. The van der Waals surface area contributed by atoms with Gasteiger partial charge in [0.2, 0.25) is 0 Å². The Morgan fingerprint density at radius 1 is 1.24 bits per heavy atom. The molecule has 1 rings (SSSR count). The van der Waals surface area contributed by atoms with Crippen molar-refractivity contribution in [2.45, 2.75) is 44.8 Å². The van der Waals surface area contributed by atoms with Gasteiger partial charge in [-0.25, -0.2) is 0 Å². The summed E-state index contributed by atoms with van der Waals surface area (Å²) in [5.74, 6) is -1.81. The topological polar surface area (TPSA) is 20.3 Å². The number of amides is 1. The second kappa shape index (κ2) is 6.21. The van der Waals surface area contributed by atoms with Crippen molar-refractivity contribution in [2.24, 2.45) is 0 Å². The van der Waals surface area contributed by atoms with Gasteiger partial charge in [0.1, 0.15) is 0 Å². The molecule has 0 fully saturated rings. The summed E-state index contributed by atoms with van der Waals surface area (Å²) in [7, 11) is -0.199. The lowest BCUT2D eigenvalue weighted by Crippen LogP contribution is -2.40. The number of halogens is 3. The van der Waals surface area contributed by atoms with E-state index in [1.165, 1.54) is 7.05 Å². The Labute approximate surface area is 125 Å². The van der Waals surface area contributed by atoms with Crippen molar-refractivity contribution in [1.29, 1.82) is 0 Å². The summed E-state index contributed by atoms with van der Waals surface area (Å²) in [5, 5.41) is 0. The molecule has 21 heavy (non-hydrogen) atoms. The highest BCUT2D eigenvalue weighted by atomic mass is 28.3. The third kappa shape index (κ3) is 4.88. The predicted octanol–water partition coefficient (Wildman–Crippen LogP) is 4.19. The monoisotopic (exact) mass is 317 g/mol. The number of nitrogens with zero attached hydrogens (tertiary/aromatic N) is 1.